The van der Waals surface area contributed by atoms with Crippen molar-refractivity contribution in [1.82, 2.24) is 0 Å². The fourth-order valence-corrected chi connectivity index (χ4v) is 1.02. The molecule has 1 rings (SSSR count). The van der Waals surface area contributed by atoms with Gasteiger partial charge in [-0.25, -0.2) is 5.53 Å². The number of methoxy groups -OCH3 is 1. The molecule has 1 aromatic rings. The maximum atomic E-state index is 9.29. The molecular formula is C8H10N2O2. The number of phenolic OH excluding ortho intramolecular Hbond substituents is 1. The number of phenols is 1. The number of para-hydroxylation sites is 1. The SMILES string of the molecule is COc1c(O)cccc1CN=N. The molecule has 0 atom stereocenters. The molecule has 0 fully saturated rings. The Hall–Kier alpha value is -1.58. The average Bonchev–Trinajstić information content (AvgIpc) is 2.05. The van der Waals surface area contributed by atoms with E-state index in [0.717, 1.165) is 0 Å². The van der Waals surface area contributed by atoms with E-state index in [4.69, 9.17) is 10.3 Å². The predicted octanol–water partition coefficient (Wildman–Crippen LogP) is 1.93. The molecule has 0 unspecified atom stereocenters. The van der Waals surface area contributed by atoms with Crippen LogP contribution in [0, 0.1) is 5.53 Å². The highest BCUT2D eigenvalue weighted by molar-refractivity contribution is 5.45. The van der Waals surface area contributed by atoms with Gasteiger partial charge >= 0.3 is 0 Å². The number of ether oxygens (including phenoxy) is 1. The van der Waals surface area contributed by atoms with Crippen LogP contribution in [-0.2, 0) is 6.54 Å². The molecule has 0 radical (unpaired) electrons. The van der Waals surface area contributed by atoms with Gasteiger partial charge < -0.3 is 9.84 Å². The van der Waals surface area contributed by atoms with E-state index in [2.05, 4.69) is 5.11 Å². The Morgan fingerprint density at radius 3 is 2.92 bits per heavy atom. The summed E-state index contributed by atoms with van der Waals surface area (Å²) < 4.78 is 4.94. The monoisotopic (exact) mass is 166 g/mol. The van der Waals surface area contributed by atoms with Crippen LogP contribution in [0.25, 0.3) is 0 Å². The fourth-order valence-electron chi connectivity index (χ4n) is 1.02. The summed E-state index contributed by atoms with van der Waals surface area (Å²) in [7, 11) is 1.47. The second kappa shape index (κ2) is 3.71. The molecule has 0 aliphatic heterocycles. The van der Waals surface area contributed by atoms with Gasteiger partial charge in [0.05, 0.1) is 13.7 Å². The van der Waals surface area contributed by atoms with Crippen LogP contribution in [0.4, 0.5) is 0 Å². The van der Waals surface area contributed by atoms with E-state index in [1.54, 1.807) is 12.1 Å². The Bertz CT molecular complexity index is 286. The predicted molar refractivity (Wildman–Crippen MR) is 43.5 cm³/mol. The molecule has 1 aromatic carbocycles. The molecule has 0 bridgehead atoms. The van der Waals surface area contributed by atoms with E-state index >= 15 is 0 Å². The van der Waals surface area contributed by atoms with Gasteiger partial charge in [-0.2, -0.15) is 5.11 Å². The summed E-state index contributed by atoms with van der Waals surface area (Å²) >= 11 is 0. The van der Waals surface area contributed by atoms with Crippen molar-refractivity contribution in [2.24, 2.45) is 5.11 Å². The summed E-state index contributed by atoms with van der Waals surface area (Å²) in [4.78, 5) is 0. The van der Waals surface area contributed by atoms with Crippen LogP contribution < -0.4 is 4.74 Å². The molecule has 0 amide bonds. The molecule has 0 saturated carbocycles. The molecule has 0 aliphatic carbocycles. The van der Waals surface area contributed by atoms with Crippen molar-refractivity contribution in [3.8, 4) is 11.5 Å². The summed E-state index contributed by atoms with van der Waals surface area (Å²) in [5.41, 5.74) is 7.39. The van der Waals surface area contributed by atoms with Gasteiger partial charge in [0.1, 0.15) is 0 Å². The average molecular weight is 166 g/mol. The van der Waals surface area contributed by atoms with Crippen molar-refractivity contribution < 1.29 is 9.84 Å². The van der Waals surface area contributed by atoms with Crippen molar-refractivity contribution in [2.75, 3.05) is 7.11 Å². The van der Waals surface area contributed by atoms with Crippen LogP contribution in [0.2, 0.25) is 0 Å². The van der Waals surface area contributed by atoms with Crippen molar-refractivity contribution in [3.05, 3.63) is 23.8 Å². The van der Waals surface area contributed by atoms with Crippen LogP contribution >= 0.6 is 0 Å². The molecular weight excluding hydrogens is 156 g/mol. The van der Waals surface area contributed by atoms with Crippen molar-refractivity contribution in [3.63, 3.8) is 0 Å². The molecule has 0 heterocycles. The third kappa shape index (κ3) is 1.53. The standard InChI is InChI=1S/C8H10N2O2/c1-12-8-6(5-10-9)3-2-4-7(8)11/h2-4,9,11H,5H2,1H3. The van der Waals surface area contributed by atoms with Crippen LogP contribution in [-0.4, -0.2) is 12.2 Å². The fraction of sp³-hybridized carbons (Fsp3) is 0.250. The maximum Gasteiger partial charge on any atom is 0.165 e. The van der Waals surface area contributed by atoms with E-state index in [9.17, 15) is 5.11 Å². The van der Waals surface area contributed by atoms with Gasteiger partial charge in [0.2, 0.25) is 0 Å². The highest BCUT2D eigenvalue weighted by Gasteiger charge is 2.05. The zero-order valence-electron chi connectivity index (χ0n) is 6.74. The van der Waals surface area contributed by atoms with Crippen molar-refractivity contribution >= 4 is 0 Å². The molecule has 64 valence electrons. The van der Waals surface area contributed by atoms with E-state index in [-0.39, 0.29) is 12.3 Å². The highest BCUT2D eigenvalue weighted by Crippen LogP contribution is 2.29. The van der Waals surface area contributed by atoms with Gasteiger partial charge in [-0.15, -0.1) is 0 Å². The highest BCUT2D eigenvalue weighted by atomic mass is 16.5. The zero-order chi connectivity index (χ0) is 8.97. The van der Waals surface area contributed by atoms with E-state index in [1.807, 2.05) is 0 Å². The number of rotatable bonds is 3. The summed E-state index contributed by atoms with van der Waals surface area (Å²) in [6.45, 7) is 0.234. The van der Waals surface area contributed by atoms with Gasteiger partial charge in [-0.1, -0.05) is 12.1 Å². The quantitative estimate of drug-likeness (QED) is 0.674. The van der Waals surface area contributed by atoms with E-state index in [1.165, 1.54) is 13.2 Å². The second-order valence-electron chi connectivity index (χ2n) is 2.29. The number of aromatic hydroxyl groups is 1. The lowest BCUT2D eigenvalue weighted by Gasteiger charge is -2.06. The third-order valence-corrected chi connectivity index (χ3v) is 1.53. The third-order valence-electron chi connectivity index (χ3n) is 1.53. The van der Waals surface area contributed by atoms with Gasteiger partial charge in [0, 0.05) is 5.56 Å². The lowest BCUT2D eigenvalue weighted by molar-refractivity contribution is 0.369. The van der Waals surface area contributed by atoms with Crippen molar-refractivity contribution in [2.45, 2.75) is 6.54 Å². The van der Waals surface area contributed by atoms with Crippen LogP contribution in [0.3, 0.4) is 0 Å². The first kappa shape index (κ1) is 8.52. The Labute approximate surface area is 70.3 Å². The van der Waals surface area contributed by atoms with Gasteiger partial charge in [0.25, 0.3) is 0 Å². The minimum absolute atomic E-state index is 0.0821. The first-order valence-electron chi connectivity index (χ1n) is 3.47. The molecule has 0 saturated heterocycles. The number of hydrogen-bond acceptors (Lipinski definition) is 4. The summed E-state index contributed by atoms with van der Waals surface area (Å²) in [6, 6.07) is 4.99. The first-order chi connectivity index (χ1) is 5.79. The number of hydrogen-bond donors (Lipinski definition) is 2. The molecule has 4 heteroatoms. The number of nitrogens with one attached hydrogen (secondary N) is 1. The Kier molecular flexibility index (Phi) is 2.63. The summed E-state index contributed by atoms with van der Waals surface area (Å²) in [5, 5.41) is 12.5. The Balaban J connectivity index is 3.08. The second-order valence-corrected chi connectivity index (χ2v) is 2.29. The van der Waals surface area contributed by atoms with Gasteiger partial charge in [-0.3, -0.25) is 0 Å². The topological polar surface area (TPSA) is 65.7 Å². The van der Waals surface area contributed by atoms with E-state index in [0.29, 0.717) is 11.3 Å². The maximum absolute atomic E-state index is 9.29. The number of benzene rings is 1. The van der Waals surface area contributed by atoms with Crippen LogP contribution in [0.15, 0.2) is 23.3 Å². The lowest BCUT2D eigenvalue weighted by Crippen LogP contribution is -1.90. The molecule has 2 N–H and O–H groups in total. The largest absolute Gasteiger partial charge is 0.504 e. The Morgan fingerprint density at radius 1 is 1.58 bits per heavy atom. The molecule has 4 nitrogen and oxygen atoms in total. The van der Waals surface area contributed by atoms with Crippen LogP contribution in [0.5, 0.6) is 11.5 Å². The van der Waals surface area contributed by atoms with Gasteiger partial charge in [-0.05, 0) is 6.07 Å². The summed E-state index contributed by atoms with van der Waals surface area (Å²) in [5.74, 6) is 0.479. The zero-order valence-corrected chi connectivity index (χ0v) is 6.74. The van der Waals surface area contributed by atoms with Crippen molar-refractivity contribution in [1.29, 1.82) is 5.53 Å². The lowest BCUT2D eigenvalue weighted by atomic mass is 10.2. The minimum Gasteiger partial charge on any atom is -0.504 e. The van der Waals surface area contributed by atoms with E-state index < -0.39 is 0 Å². The Morgan fingerprint density at radius 2 is 2.33 bits per heavy atom. The minimum atomic E-state index is 0.0821. The molecule has 12 heavy (non-hydrogen) atoms. The summed E-state index contributed by atoms with van der Waals surface area (Å²) in [6.07, 6.45) is 0. The normalized spacial score (nSPS) is 9.42. The van der Waals surface area contributed by atoms with Crippen LogP contribution in [0.1, 0.15) is 5.56 Å². The smallest absolute Gasteiger partial charge is 0.165 e. The molecule has 0 aliphatic rings. The molecule has 0 aromatic heterocycles. The first-order valence-corrected chi connectivity index (χ1v) is 3.47. The molecule has 0 spiro atoms. The number of nitrogens with zero attached hydrogens (tertiary/aromatic N) is 1. The van der Waals surface area contributed by atoms with Gasteiger partial charge in [0.15, 0.2) is 11.5 Å².